The van der Waals surface area contributed by atoms with E-state index in [-0.39, 0.29) is 5.82 Å². The maximum atomic E-state index is 11.2. The van der Waals surface area contributed by atoms with Crippen LogP contribution in [0.3, 0.4) is 0 Å². The second-order valence-corrected chi connectivity index (χ2v) is 6.05. The average Bonchev–Trinajstić information content (AvgIpc) is 3.39. The fraction of sp³-hybridized carbons (Fsp3) is 0.211. The van der Waals surface area contributed by atoms with Crippen molar-refractivity contribution in [2.75, 3.05) is 0 Å². The minimum atomic E-state index is -1.11. The Morgan fingerprint density at radius 3 is 2.48 bits per heavy atom. The largest absolute Gasteiger partial charge is 0.489 e. The van der Waals surface area contributed by atoms with Gasteiger partial charge in [0.25, 0.3) is 5.82 Å². The number of ether oxygens (including phenoxy) is 1. The van der Waals surface area contributed by atoms with Crippen LogP contribution in [-0.2, 0) is 6.61 Å². The van der Waals surface area contributed by atoms with Crippen LogP contribution in [-0.4, -0.2) is 25.8 Å². The molecule has 1 fully saturated rings. The Morgan fingerprint density at radius 1 is 1.12 bits per heavy atom. The van der Waals surface area contributed by atoms with Gasteiger partial charge in [-0.1, -0.05) is 30.3 Å². The quantitative estimate of drug-likeness (QED) is 0.747. The Kier molecular flexibility index (Phi) is 3.93. The summed E-state index contributed by atoms with van der Waals surface area (Å²) in [6, 6.07) is 17.4. The third-order valence-electron chi connectivity index (χ3n) is 4.10. The highest BCUT2D eigenvalue weighted by Gasteiger charge is 2.31. The minimum Gasteiger partial charge on any atom is -0.489 e. The fourth-order valence-electron chi connectivity index (χ4n) is 2.63. The van der Waals surface area contributed by atoms with Crippen LogP contribution in [0.1, 0.15) is 40.8 Å². The van der Waals surface area contributed by atoms with Crippen LogP contribution in [0.5, 0.6) is 5.75 Å². The van der Waals surface area contributed by atoms with Crippen LogP contribution < -0.4 is 4.74 Å². The standard InChI is InChI=1S/C19H17N3O3/c23-19(24)17-20-18(14-6-7-14)22(21-17)15-8-10-16(11-9-15)25-12-13-4-2-1-3-5-13/h1-5,8-11,14H,6-7,12H2,(H,23,24). The number of hydrogen-bond acceptors (Lipinski definition) is 4. The number of carboxylic acids is 1. The molecule has 1 aliphatic carbocycles. The smallest absolute Gasteiger partial charge is 0.375 e. The first-order valence-corrected chi connectivity index (χ1v) is 8.18. The molecule has 0 spiro atoms. The first kappa shape index (κ1) is 15.4. The molecule has 126 valence electrons. The van der Waals surface area contributed by atoms with Crippen LogP contribution in [0.2, 0.25) is 0 Å². The average molecular weight is 335 g/mol. The second kappa shape index (κ2) is 6.39. The lowest BCUT2D eigenvalue weighted by Crippen LogP contribution is -2.03. The van der Waals surface area contributed by atoms with E-state index in [9.17, 15) is 4.79 Å². The Morgan fingerprint density at radius 2 is 1.84 bits per heavy atom. The summed E-state index contributed by atoms with van der Waals surface area (Å²) in [6.45, 7) is 0.500. The van der Waals surface area contributed by atoms with E-state index in [4.69, 9.17) is 9.84 Å². The van der Waals surface area contributed by atoms with Crippen LogP contribution in [0.4, 0.5) is 0 Å². The molecule has 0 amide bonds. The van der Waals surface area contributed by atoms with Gasteiger partial charge in [-0.05, 0) is 42.7 Å². The van der Waals surface area contributed by atoms with Crippen molar-refractivity contribution in [2.45, 2.75) is 25.4 Å². The van der Waals surface area contributed by atoms with Crippen molar-refractivity contribution >= 4 is 5.97 Å². The number of aromatic carboxylic acids is 1. The highest BCUT2D eigenvalue weighted by Crippen LogP contribution is 2.39. The maximum absolute atomic E-state index is 11.2. The molecule has 1 saturated carbocycles. The highest BCUT2D eigenvalue weighted by molar-refractivity contribution is 5.83. The summed E-state index contributed by atoms with van der Waals surface area (Å²) in [5.74, 6) is 0.499. The number of carboxylic acid groups (broad SMARTS) is 1. The number of aromatic nitrogens is 3. The van der Waals surface area contributed by atoms with Gasteiger partial charge in [0.1, 0.15) is 18.2 Å². The van der Waals surface area contributed by atoms with Crippen LogP contribution in [0, 0.1) is 0 Å². The minimum absolute atomic E-state index is 0.161. The zero-order valence-corrected chi connectivity index (χ0v) is 13.5. The lowest BCUT2D eigenvalue weighted by Gasteiger charge is -2.08. The molecule has 0 saturated heterocycles. The predicted octanol–water partition coefficient (Wildman–Crippen LogP) is 3.42. The Balaban J connectivity index is 1.53. The van der Waals surface area contributed by atoms with Gasteiger partial charge in [0.05, 0.1) is 5.69 Å². The van der Waals surface area contributed by atoms with Gasteiger partial charge < -0.3 is 9.84 Å². The Hall–Kier alpha value is -3.15. The van der Waals surface area contributed by atoms with E-state index in [0.717, 1.165) is 35.7 Å². The van der Waals surface area contributed by atoms with Gasteiger partial charge in [-0.3, -0.25) is 0 Å². The number of hydrogen-bond donors (Lipinski definition) is 1. The van der Waals surface area contributed by atoms with Crippen molar-refractivity contribution in [3.8, 4) is 11.4 Å². The van der Waals surface area contributed by atoms with Crippen LogP contribution in [0.25, 0.3) is 5.69 Å². The van der Waals surface area contributed by atoms with E-state index in [2.05, 4.69) is 10.1 Å². The highest BCUT2D eigenvalue weighted by atomic mass is 16.5. The summed E-state index contributed by atoms with van der Waals surface area (Å²) >= 11 is 0. The summed E-state index contributed by atoms with van der Waals surface area (Å²) < 4.78 is 7.40. The summed E-state index contributed by atoms with van der Waals surface area (Å²) in [5, 5.41) is 13.3. The van der Waals surface area contributed by atoms with E-state index in [1.54, 1.807) is 4.68 Å². The van der Waals surface area contributed by atoms with Crippen molar-refractivity contribution in [3.05, 3.63) is 71.8 Å². The first-order chi connectivity index (χ1) is 12.2. The molecular formula is C19H17N3O3. The predicted molar refractivity (Wildman–Crippen MR) is 91.1 cm³/mol. The number of rotatable bonds is 6. The van der Waals surface area contributed by atoms with Crippen LogP contribution >= 0.6 is 0 Å². The summed E-state index contributed by atoms with van der Waals surface area (Å²) in [5.41, 5.74) is 1.89. The molecule has 1 N–H and O–H groups in total. The molecule has 1 heterocycles. The molecule has 0 bridgehead atoms. The van der Waals surface area contributed by atoms with Gasteiger partial charge >= 0.3 is 5.97 Å². The van der Waals surface area contributed by atoms with E-state index in [1.165, 1.54) is 0 Å². The number of benzene rings is 2. The van der Waals surface area contributed by atoms with Gasteiger partial charge in [-0.15, -0.1) is 5.10 Å². The van der Waals surface area contributed by atoms with Crippen molar-refractivity contribution in [1.29, 1.82) is 0 Å². The molecule has 6 heteroatoms. The zero-order valence-electron chi connectivity index (χ0n) is 13.5. The lowest BCUT2D eigenvalue weighted by atomic mass is 10.2. The maximum Gasteiger partial charge on any atom is 0.375 e. The summed E-state index contributed by atoms with van der Waals surface area (Å²) in [7, 11) is 0. The first-order valence-electron chi connectivity index (χ1n) is 8.18. The van der Waals surface area contributed by atoms with Gasteiger partial charge in [-0.2, -0.15) is 0 Å². The molecule has 4 rings (SSSR count). The third-order valence-corrected chi connectivity index (χ3v) is 4.10. The number of nitrogens with zero attached hydrogens (tertiary/aromatic N) is 3. The second-order valence-electron chi connectivity index (χ2n) is 6.05. The molecule has 0 unspecified atom stereocenters. The van der Waals surface area contributed by atoms with Crippen molar-refractivity contribution in [2.24, 2.45) is 0 Å². The third kappa shape index (κ3) is 3.38. The van der Waals surface area contributed by atoms with E-state index < -0.39 is 5.97 Å². The monoisotopic (exact) mass is 335 g/mol. The normalized spacial score (nSPS) is 13.6. The van der Waals surface area contributed by atoms with Crippen molar-refractivity contribution < 1.29 is 14.6 Å². The fourth-order valence-corrected chi connectivity index (χ4v) is 2.63. The zero-order chi connectivity index (χ0) is 17.2. The summed E-state index contributed by atoms with van der Waals surface area (Å²) in [4.78, 5) is 15.3. The van der Waals surface area contributed by atoms with Gasteiger partial charge in [0.15, 0.2) is 0 Å². The van der Waals surface area contributed by atoms with Crippen LogP contribution in [0.15, 0.2) is 54.6 Å². The molecule has 0 aliphatic heterocycles. The molecule has 6 nitrogen and oxygen atoms in total. The molecule has 3 aromatic rings. The van der Waals surface area contributed by atoms with Crippen molar-refractivity contribution in [3.63, 3.8) is 0 Å². The van der Waals surface area contributed by atoms with Gasteiger partial charge in [-0.25, -0.2) is 14.5 Å². The molecule has 0 radical (unpaired) electrons. The lowest BCUT2D eigenvalue weighted by molar-refractivity contribution is 0.0683. The number of carbonyl (C=O) groups is 1. The molecule has 2 aromatic carbocycles. The van der Waals surface area contributed by atoms with E-state index in [0.29, 0.717) is 12.5 Å². The summed E-state index contributed by atoms with van der Waals surface area (Å²) in [6.07, 6.45) is 2.05. The van der Waals surface area contributed by atoms with Crippen molar-refractivity contribution in [1.82, 2.24) is 14.8 Å². The molecule has 1 aromatic heterocycles. The van der Waals surface area contributed by atoms with Gasteiger partial charge in [0, 0.05) is 5.92 Å². The SMILES string of the molecule is O=C(O)c1nc(C2CC2)n(-c2ccc(OCc3ccccc3)cc2)n1. The van der Waals surface area contributed by atoms with E-state index >= 15 is 0 Å². The van der Waals surface area contributed by atoms with Gasteiger partial charge in [0.2, 0.25) is 0 Å². The molecule has 1 aliphatic rings. The van der Waals surface area contributed by atoms with E-state index in [1.807, 2.05) is 54.6 Å². The Bertz CT molecular complexity index is 884. The molecule has 25 heavy (non-hydrogen) atoms. The molecule has 0 atom stereocenters. The topological polar surface area (TPSA) is 77.2 Å². The molecular weight excluding hydrogens is 318 g/mol. The Labute approximate surface area is 144 Å².